The summed E-state index contributed by atoms with van der Waals surface area (Å²) in [6.07, 6.45) is 2.64. The largest absolute Gasteiger partial charge is 0.339 e. The number of nitrogens with zero attached hydrogens (tertiary/aromatic N) is 1. The molecule has 2 aliphatic rings. The van der Waals surface area contributed by atoms with Crippen LogP contribution in [0.5, 0.6) is 0 Å². The molecule has 2 nitrogen and oxygen atoms in total. The third-order valence-electron chi connectivity index (χ3n) is 4.37. The molecule has 0 unspecified atom stereocenters. The van der Waals surface area contributed by atoms with Crippen LogP contribution in [0.2, 0.25) is 0 Å². The number of nitrogens with one attached hydrogen (secondary N) is 1. The number of hydrogen-bond donors (Lipinski definition) is 1. The van der Waals surface area contributed by atoms with E-state index in [-0.39, 0.29) is 0 Å². The van der Waals surface area contributed by atoms with E-state index in [1.807, 2.05) is 11.8 Å². The van der Waals surface area contributed by atoms with Gasteiger partial charge in [-0.2, -0.15) is 0 Å². The van der Waals surface area contributed by atoms with Gasteiger partial charge in [0.2, 0.25) is 0 Å². The van der Waals surface area contributed by atoms with Gasteiger partial charge in [0, 0.05) is 16.3 Å². The smallest absolute Gasteiger partial charge is 0.0552 e. The quantitative estimate of drug-likeness (QED) is 0.890. The van der Waals surface area contributed by atoms with Crippen molar-refractivity contribution < 1.29 is 0 Å². The van der Waals surface area contributed by atoms with E-state index in [1.165, 1.54) is 40.6 Å². The van der Waals surface area contributed by atoms with Gasteiger partial charge in [-0.25, -0.2) is 0 Å². The molecule has 2 aliphatic heterocycles. The second-order valence-corrected chi connectivity index (χ2v) is 6.94. The monoisotopic (exact) mass is 296 g/mol. The molecule has 2 heterocycles. The summed E-state index contributed by atoms with van der Waals surface area (Å²) in [7, 11) is 0. The molecule has 21 heavy (non-hydrogen) atoms. The minimum atomic E-state index is 0.739. The highest BCUT2D eigenvalue weighted by Gasteiger charge is 2.25. The molecule has 1 saturated heterocycles. The van der Waals surface area contributed by atoms with Crippen molar-refractivity contribution in [2.24, 2.45) is 5.92 Å². The normalized spacial score (nSPS) is 20.8. The van der Waals surface area contributed by atoms with Crippen LogP contribution in [0.3, 0.4) is 0 Å². The van der Waals surface area contributed by atoms with E-state index in [0.717, 1.165) is 19.0 Å². The Morgan fingerprint density at radius 1 is 1.00 bits per heavy atom. The Morgan fingerprint density at radius 2 is 1.67 bits per heavy atom. The molecular formula is C18H20N2S. The summed E-state index contributed by atoms with van der Waals surface area (Å²) >= 11 is 1.89. The first-order valence-corrected chi connectivity index (χ1v) is 8.57. The maximum Gasteiger partial charge on any atom is 0.0552 e. The van der Waals surface area contributed by atoms with Crippen molar-refractivity contribution in [3.63, 3.8) is 0 Å². The van der Waals surface area contributed by atoms with Gasteiger partial charge in [0.15, 0.2) is 0 Å². The standard InChI is InChI=1S/C18H20N2S/c1-3-9-17-15(7-1)20(13-14-6-5-11-19-12-14)16-8-2-4-10-18(16)21-17/h1-4,7-10,14,19H,5-6,11-13H2/t14-/m0/s1. The molecule has 0 spiro atoms. The number of anilines is 2. The van der Waals surface area contributed by atoms with E-state index in [4.69, 9.17) is 0 Å². The number of hydrogen-bond acceptors (Lipinski definition) is 3. The van der Waals surface area contributed by atoms with Gasteiger partial charge in [-0.05, 0) is 56.1 Å². The number of fused-ring (bicyclic) bond motifs is 2. The Bertz CT molecular complexity index is 589. The molecule has 0 radical (unpaired) electrons. The maximum atomic E-state index is 3.54. The van der Waals surface area contributed by atoms with Crippen molar-refractivity contribution in [3.05, 3.63) is 48.5 Å². The Morgan fingerprint density at radius 3 is 2.29 bits per heavy atom. The van der Waals surface area contributed by atoms with E-state index in [9.17, 15) is 0 Å². The van der Waals surface area contributed by atoms with Crippen molar-refractivity contribution in [2.75, 3.05) is 24.5 Å². The van der Waals surface area contributed by atoms with Crippen LogP contribution < -0.4 is 10.2 Å². The van der Waals surface area contributed by atoms with E-state index < -0.39 is 0 Å². The summed E-state index contributed by atoms with van der Waals surface area (Å²) in [5.74, 6) is 0.739. The summed E-state index contributed by atoms with van der Waals surface area (Å²) in [5, 5.41) is 3.54. The zero-order valence-corrected chi connectivity index (χ0v) is 12.9. The summed E-state index contributed by atoms with van der Waals surface area (Å²) < 4.78 is 0. The average molecular weight is 296 g/mol. The fourth-order valence-electron chi connectivity index (χ4n) is 3.32. The molecular weight excluding hydrogens is 276 g/mol. The molecule has 0 bridgehead atoms. The van der Waals surface area contributed by atoms with Crippen LogP contribution in [0.1, 0.15) is 12.8 Å². The van der Waals surface area contributed by atoms with Gasteiger partial charge in [-0.15, -0.1) is 0 Å². The molecule has 0 saturated carbocycles. The lowest BCUT2D eigenvalue weighted by Gasteiger charge is -2.36. The molecule has 1 atom stereocenters. The first kappa shape index (κ1) is 13.2. The van der Waals surface area contributed by atoms with Gasteiger partial charge in [0.05, 0.1) is 11.4 Å². The Balaban J connectivity index is 1.70. The van der Waals surface area contributed by atoms with Crippen LogP contribution in [0, 0.1) is 5.92 Å². The SMILES string of the molecule is c1ccc2c(c1)Sc1ccccc1N2C[C@H]1CCCNC1. The van der Waals surface area contributed by atoms with Crippen LogP contribution in [0.4, 0.5) is 11.4 Å². The van der Waals surface area contributed by atoms with E-state index in [0.29, 0.717) is 0 Å². The first-order chi connectivity index (χ1) is 10.4. The summed E-state index contributed by atoms with van der Waals surface area (Å²) in [6.45, 7) is 3.44. The van der Waals surface area contributed by atoms with Gasteiger partial charge in [0.25, 0.3) is 0 Å². The first-order valence-electron chi connectivity index (χ1n) is 7.76. The molecule has 3 heteroatoms. The summed E-state index contributed by atoms with van der Waals surface area (Å²) in [4.78, 5) is 5.28. The number of piperidine rings is 1. The van der Waals surface area contributed by atoms with Crippen molar-refractivity contribution in [1.82, 2.24) is 5.32 Å². The number of para-hydroxylation sites is 2. The maximum absolute atomic E-state index is 3.54. The van der Waals surface area contributed by atoms with E-state index in [1.54, 1.807) is 0 Å². The average Bonchev–Trinajstić information content (AvgIpc) is 2.55. The Hall–Kier alpha value is -1.45. The van der Waals surface area contributed by atoms with Crippen LogP contribution in [-0.2, 0) is 0 Å². The fourth-order valence-corrected chi connectivity index (χ4v) is 4.41. The minimum Gasteiger partial charge on any atom is -0.339 e. The van der Waals surface area contributed by atoms with Crippen LogP contribution in [0.15, 0.2) is 58.3 Å². The van der Waals surface area contributed by atoms with Gasteiger partial charge in [-0.1, -0.05) is 36.0 Å². The predicted molar refractivity (Wildman–Crippen MR) is 89.6 cm³/mol. The van der Waals surface area contributed by atoms with Crippen LogP contribution >= 0.6 is 11.8 Å². The van der Waals surface area contributed by atoms with Crippen molar-refractivity contribution >= 4 is 23.1 Å². The molecule has 0 amide bonds. The van der Waals surface area contributed by atoms with Crippen molar-refractivity contribution in [2.45, 2.75) is 22.6 Å². The number of rotatable bonds is 2. The fraction of sp³-hybridized carbons (Fsp3) is 0.333. The molecule has 4 rings (SSSR count). The lowest BCUT2D eigenvalue weighted by atomic mass is 9.98. The highest BCUT2D eigenvalue weighted by Crippen LogP contribution is 2.48. The molecule has 0 aromatic heterocycles. The molecule has 2 aromatic carbocycles. The summed E-state index contributed by atoms with van der Waals surface area (Å²) in [6, 6.07) is 17.6. The van der Waals surface area contributed by atoms with Gasteiger partial charge >= 0.3 is 0 Å². The zero-order chi connectivity index (χ0) is 14.1. The molecule has 108 valence electrons. The van der Waals surface area contributed by atoms with Gasteiger partial charge < -0.3 is 10.2 Å². The van der Waals surface area contributed by atoms with E-state index in [2.05, 4.69) is 58.7 Å². The second kappa shape index (κ2) is 5.74. The molecule has 2 aromatic rings. The lowest BCUT2D eigenvalue weighted by molar-refractivity contribution is 0.383. The third-order valence-corrected chi connectivity index (χ3v) is 5.50. The summed E-state index contributed by atoms with van der Waals surface area (Å²) in [5.41, 5.74) is 2.73. The molecule has 1 N–H and O–H groups in total. The van der Waals surface area contributed by atoms with E-state index >= 15 is 0 Å². The predicted octanol–water partition coefficient (Wildman–Crippen LogP) is 4.29. The topological polar surface area (TPSA) is 15.3 Å². The molecule has 0 aliphatic carbocycles. The van der Waals surface area contributed by atoms with Crippen molar-refractivity contribution in [3.8, 4) is 0 Å². The third kappa shape index (κ3) is 2.56. The highest BCUT2D eigenvalue weighted by atomic mass is 32.2. The van der Waals surface area contributed by atoms with Gasteiger partial charge in [-0.3, -0.25) is 0 Å². The van der Waals surface area contributed by atoms with Gasteiger partial charge in [0.1, 0.15) is 0 Å². The number of benzene rings is 2. The lowest BCUT2D eigenvalue weighted by Crippen LogP contribution is -2.37. The minimum absolute atomic E-state index is 0.739. The molecule has 1 fully saturated rings. The zero-order valence-electron chi connectivity index (χ0n) is 12.1. The van der Waals surface area contributed by atoms with Crippen LogP contribution in [0.25, 0.3) is 0 Å². The highest BCUT2D eigenvalue weighted by molar-refractivity contribution is 7.99. The van der Waals surface area contributed by atoms with Crippen LogP contribution in [-0.4, -0.2) is 19.6 Å². The second-order valence-electron chi connectivity index (χ2n) is 5.86. The van der Waals surface area contributed by atoms with Crippen molar-refractivity contribution in [1.29, 1.82) is 0 Å². The Kier molecular flexibility index (Phi) is 3.62. The Labute approximate surface area is 130 Å².